The van der Waals surface area contributed by atoms with Gasteiger partial charge in [0.05, 0.1) is 10.1 Å². The summed E-state index contributed by atoms with van der Waals surface area (Å²) >= 11 is 0. The molecule has 0 N–H and O–H groups in total. The lowest BCUT2D eigenvalue weighted by molar-refractivity contribution is 0.165. The highest BCUT2D eigenvalue weighted by Gasteiger charge is 2.32. The van der Waals surface area contributed by atoms with Crippen molar-refractivity contribution in [3.63, 3.8) is 0 Å². The first-order valence-electron chi connectivity index (χ1n) is 16.3. The van der Waals surface area contributed by atoms with Crippen molar-refractivity contribution < 1.29 is 8.42 Å². The van der Waals surface area contributed by atoms with E-state index in [0.717, 1.165) is 29.6 Å². The predicted molar refractivity (Wildman–Crippen MR) is 188 cm³/mol. The molecule has 0 aliphatic heterocycles. The van der Waals surface area contributed by atoms with E-state index in [-0.39, 0.29) is 17.1 Å². The van der Waals surface area contributed by atoms with E-state index in [4.69, 9.17) is 0 Å². The number of rotatable bonds is 10. The summed E-state index contributed by atoms with van der Waals surface area (Å²) in [6.07, 6.45) is 0. The quantitative estimate of drug-likeness (QED) is 0.252. The summed E-state index contributed by atoms with van der Waals surface area (Å²) in [5.74, 6) is 5.69. The van der Waals surface area contributed by atoms with E-state index in [1.165, 1.54) is 5.57 Å². The molecule has 1 aromatic carbocycles. The van der Waals surface area contributed by atoms with Gasteiger partial charge in [-0.1, -0.05) is 162 Å². The van der Waals surface area contributed by atoms with Crippen LogP contribution in [-0.2, 0) is 9.84 Å². The van der Waals surface area contributed by atoms with Crippen LogP contribution in [0, 0.1) is 58.7 Å². The minimum absolute atomic E-state index is 0.130. The van der Waals surface area contributed by atoms with E-state index in [2.05, 4.69) is 110 Å². The van der Waals surface area contributed by atoms with E-state index in [1.54, 1.807) is 24.3 Å². The van der Waals surface area contributed by atoms with Crippen LogP contribution in [0.4, 0.5) is 0 Å². The third kappa shape index (κ3) is 17.6. The second-order valence-corrected chi connectivity index (χ2v) is 17.3. The summed E-state index contributed by atoms with van der Waals surface area (Å²) in [7, 11) is -3.20. The highest BCUT2D eigenvalue weighted by atomic mass is 32.2. The Morgan fingerprint density at radius 2 is 0.902 bits per heavy atom. The van der Waals surface area contributed by atoms with Crippen molar-refractivity contribution in [2.75, 3.05) is 0 Å². The van der Waals surface area contributed by atoms with Gasteiger partial charge in [0, 0.05) is 0 Å². The molecule has 244 valence electrons. The summed E-state index contributed by atoms with van der Waals surface area (Å²) in [6, 6.07) is 8.72. The minimum Gasteiger partial charge on any atom is -0.223 e. The van der Waals surface area contributed by atoms with Gasteiger partial charge in [0.25, 0.3) is 0 Å². The molecule has 0 saturated heterocycles. The van der Waals surface area contributed by atoms with E-state index >= 15 is 0 Å². The Morgan fingerprint density at radius 3 is 1.05 bits per heavy atom. The maximum absolute atomic E-state index is 12.4. The van der Waals surface area contributed by atoms with Crippen LogP contribution in [0.25, 0.3) is 0 Å². The van der Waals surface area contributed by atoms with Crippen LogP contribution in [0.5, 0.6) is 0 Å². The molecule has 0 aromatic heterocycles. The molecule has 0 spiro atoms. The molecule has 0 radical (unpaired) electrons. The molecule has 41 heavy (non-hydrogen) atoms. The first-order valence-corrected chi connectivity index (χ1v) is 17.9. The van der Waals surface area contributed by atoms with Crippen LogP contribution < -0.4 is 0 Å². The second kappa shape index (κ2) is 20.8. The Labute approximate surface area is 260 Å². The van der Waals surface area contributed by atoms with Crippen LogP contribution in [0.3, 0.4) is 0 Å². The van der Waals surface area contributed by atoms with Crippen LogP contribution >= 0.6 is 0 Å². The highest BCUT2D eigenvalue weighted by molar-refractivity contribution is 7.92. The smallest absolute Gasteiger partial charge is 0.181 e. The van der Waals surface area contributed by atoms with E-state index in [1.807, 2.05) is 33.8 Å². The van der Waals surface area contributed by atoms with Crippen molar-refractivity contribution in [1.82, 2.24) is 0 Å². The molecule has 0 bridgehead atoms. The van der Waals surface area contributed by atoms with Gasteiger partial charge in [0.2, 0.25) is 0 Å². The Morgan fingerprint density at radius 1 is 0.585 bits per heavy atom. The third-order valence-electron chi connectivity index (χ3n) is 9.31. The van der Waals surface area contributed by atoms with Crippen LogP contribution in [0.2, 0.25) is 0 Å². The number of hydrogen-bond acceptors (Lipinski definition) is 2. The Balaban J connectivity index is -0.000000499. The molecule has 0 fully saturated rings. The van der Waals surface area contributed by atoms with Crippen molar-refractivity contribution >= 4 is 9.84 Å². The number of sulfone groups is 1. The standard InChI is InChI=1S/C13H20O2S.C9H20.C8H18.C8H16/c1-10(2)13(11(3)4)16(14,15)12-8-6-5-7-9-12;1-7(2)9(5,6)8(3)4;2*1-6(2)8(5)7(3)4/h5-11,13H,1-4H3;7-8H,1-6H3;6-8H,1-5H3;6-7H,5H2,1-4H3. The summed E-state index contributed by atoms with van der Waals surface area (Å²) in [6.45, 7) is 45.8. The van der Waals surface area contributed by atoms with Crippen LogP contribution in [0.15, 0.2) is 47.4 Å². The minimum atomic E-state index is -3.20. The summed E-state index contributed by atoms with van der Waals surface area (Å²) in [4.78, 5) is 0.433. The lowest BCUT2D eigenvalue weighted by Crippen LogP contribution is -2.32. The summed E-state index contributed by atoms with van der Waals surface area (Å²) in [5.41, 5.74) is 1.85. The van der Waals surface area contributed by atoms with Gasteiger partial charge >= 0.3 is 0 Å². The molecule has 0 atom stereocenters. The van der Waals surface area contributed by atoms with Gasteiger partial charge in [-0.25, -0.2) is 8.42 Å². The normalized spacial score (nSPS) is 12.3. The molecule has 0 saturated carbocycles. The molecule has 2 nitrogen and oxygen atoms in total. The van der Waals surface area contributed by atoms with Gasteiger partial charge in [0.15, 0.2) is 9.84 Å². The van der Waals surface area contributed by atoms with Crippen molar-refractivity contribution in [3.8, 4) is 0 Å². The Kier molecular flexibility index (Phi) is 22.4. The average molecular weight is 595 g/mol. The van der Waals surface area contributed by atoms with Gasteiger partial charge in [-0.2, -0.15) is 0 Å². The average Bonchev–Trinajstić information content (AvgIpc) is 2.83. The molecular formula is C38H74O2S. The molecular weight excluding hydrogens is 520 g/mol. The van der Waals surface area contributed by atoms with Gasteiger partial charge in [-0.3, -0.25) is 0 Å². The van der Waals surface area contributed by atoms with Gasteiger partial charge in [0.1, 0.15) is 0 Å². The monoisotopic (exact) mass is 595 g/mol. The fourth-order valence-corrected chi connectivity index (χ4v) is 6.64. The lowest BCUT2D eigenvalue weighted by atomic mass is 9.72. The van der Waals surface area contributed by atoms with E-state index in [0.29, 0.717) is 22.1 Å². The fourth-order valence-electron chi connectivity index (χ4n) is 4.36. The first kappa shape index (κ1) is 44.4. The Hall–Kier alpha value is -1.09. The maximum atomic E-state index is 12.4. The van der Waals surface area contributed by atoms with Crippen LogP contribution in [0.1, 0.15) is 132 Å². The Bertz CT molecular complexity index is 849. The molecule has 0 aliphatic carbocycles. The maximum Gasteiger partial charge on any atom is 0.181 e. The molecule has 0 heterocycles. The van der Waals surface area contributed by atoms with E-state index in [9.17, 15) is 8.42 Å². The zero-order valence-corrected chi connectivity index (χ0v) is 31.9. The molecule has 0 unspecified atom stereocenters. The first-order chi connectivity index (χ1) is 18.4. The largest absolute Gasteiger partial charge is 0.223 e. The lowest BCUT2D eigenvalue weighted by Gasteiger charge is -2.33. The van der Waals surface area contributed by atoms with Crippen molar-refractivity contribution in [3.05, 3.63) is 42.5 Å². The fraction of sp³-hybridized carbons (Fsp3) is 0.789. The topological polar surface area (TPSA) is 34.1 Å². The van der Waals surface area contributed by atoms with Gasteiger partial charge in [-0.15, -0.1) is 0 Å². The zero-order chi connectivity index (χ0) is 33.5. The van der Waals surface area contributed by atoms with Gasteiger partial charge in [-0.05, 0) is 70.8 Å². The SMILES string of the molecule is C=C(C(C)C)C(C)C.CC(C)C(C(C)C)S(=O)(=O)c1ccccc1.CC(C)C(C)(C)C(C)C.CC(C)C(C)C(C)C. The molecule has 0 aliphatic rings. The molecule has 3 heteroatoms. The predicted octanol–water partition coefficient (Wildman–Crippen LogP) is 12.3. The summed E-state index contributed by atoms with van der Waals surface area (Å²) in [5, 5.41) is -0.310. The van der Waals surface area contributed by atoms with E-state index < -0.39 is 9.84 Å². The molecule has 1 aromatic rings. The second-order valence-electron chi connectivity index (χ2n) is 15.2. The zero-order valence-electron chi connectivity index (χ0n) is 31.1. The van der Waals surface area contributed by atoms with Crippen molar-refractivity contribution in [2.24, 2.45) is 58.7 Å². The van der Waals surface area contributed by atoms with Crippen molar-refractivity contribution in [2.45, 2.75) is 142 Å². The third-order valence-corrected chi connectivity index (χ3v) is 12.0. The number of hydrogen-bond donors (Lipinski definition) is 0. The summed E-state index contributed by atoms with van der Waals surface area (Å²) < 4.78 is 24.8. The number of benzene rings is 1. The van der Waals surface area contributed by atoms with Gasteiger partial charge < -0.3 is 0 Å². The molecule has 0 amide bonds. The number of allylic oxidation sites excluding steroid dienone is 1. The van der Waals surface area contributed by atoms with Crippen molar-refractivity contribution in [1.29, 1.82) is 0 Å². The highest BCUT2D eigenvalue weighted by Crippen LogP contribution is 2.34. The van der Waals surface area contributed by atoms with Crippen LogP contribution in [-0.4, -0.2) is 13.7 Å². The molecule has 1 rings (SSSR count).